The molecule has 0 aliphatic carbocycles. The molecular formula is C15H11BrCl2O2. The molecule has 0 aliphatic heterocycles. The molecule has 20 heavy (non-hydrogen) atoms. The summed E-state index contributed by atoms with van der Waals surface area (Å²) in [5.74, 6) is -0.188. The quantitative estimate of drug-likeness (QED) is 0.677. The first kappa shape index (κ1) is 15.5. The van der Waals surface area contributed by atoms with E-state index in [1.54, 1.807) is 18.2 Å². The van der Waals surface area contributed by atoms with E-state index in [9.17, 15) is 4.79 Å². The average molecular weight is 374 g/mol. The number of hydrogen-bond donors (Lipinski definition) is 0. The molecule has 104 valence electrons. The van der Waals surface area contributed by atoms with Crippen LogP contribution in [0.15, 0.2) is 46.9 Å². The molecule has 0 fully saturated rings. The van der Waals surface area contributed by atoms with Crippen molar-refractivity contribution in [3.63, 3.8) is 0 Å². The molecule has 0 radical (unpaired) electrons. The molecule has 0 atom stereocenters. The maximum atomic E-state index is 12.0. The van der Waals surface area contributed by atoms with Gasteiger partial charge in [0.15, 0.2) is 5.78 Å². The second-order valence-corrected chi connectivity index (χ2v) is 5.93. The largest absolute Gasteiger partial charge is 0.369 e. The van der Waals surface area contributed by atoms with Crippen LogP contribution in [0.1, 0.15) is 15.9 Å². The fourth-order valence-electron chi connectivity index (χ4n) is 1.68. The number of hydrogen-bond acceptors (Lipinski definition) is 2. The van der Waals surface area contributed by atoms with Crippen LogP contribution in [0.3, 0.4) is 0 Å². The fraction of sp³-hybridized carbons (Fsp3) is 0.133. The van der Waals surface area contributed by atoms with Crippen molar-refractivity contribution in [2.75, 3.05) is 6.61 Å². The second-order valence-electron chi connectivity index (χ2n) is 4.17. The topological polar surface area (TPSA) is 26.3 Å². The summed E-state index contributed by atoms with van der Waals surface area (Å²) >= 11 is 15.2. The third-order valence-corrected chi connectivity index (χ3v) is 3.68. The third kappa shape index (κ3) is 4.32. The van der Waals surface area contributed by atoms with Crippen LogP contribution in [0.25, 0.3) is 0 Å². The molecule has 0 unspecified atom stereocenters. The highest BCUT2D eigenvalue weighted by Gasteiger charge is 2.11. The van der Waals surface area contributed by atoms with Crippen LogP contribution in [-0.4, -0.2) is 12.4 Å². The summed E-state index contributed by atoms with van der Waals surface area (Å²) in [7, 11) is 0. The molecule has 0 heterocycles. The van der Waals surface area contributed by atoms with E-state index in [4.69, 9.17) is 27.9 Å². The third-order valence-electron chi connectivity index (χ3n) is 2.62. The zero-order chi connectivity index (χ0) is 14.5. The number of halogens is 3. The Balaban J connectivity index is 1.94. The minimum Gasteiger partial charge on any atom is -0.369 e. The van der Waals surface area contributed by atoms with Crippen molar-refractivity contribution in [3.05, 3.63) is 68.1 Å². The standard InChI is InChI=1S/C15H11BrCl2O2/c16-11-3-1-2-10(6-11)8-20-9-15(19)13-7-12(17)4-5-14(13)18/h1-7H,8-9H2. The number of rotatable bonds is 5. The summed E-state index contributed by atoms with van der Waals surface area (Å²) in [5, 5.41) is 0.857. The molecule has 0 saturated heterocycles. The predicted molar refractivity (Wildman–Crippen MR) is 84.6 cm³/mol. The van der Waals surface area contributed by atoms with Crippen LogP contribution in [0.2, 0.25) is 10.0 Å². The van der Waals surface area contributed by atoms with Gasteiger partial charge in [-0.15, -0.1) is 0 Å². The van der Waals surface area contributed by atoms with Crippen molar-refractivity contribution < 1.29 is 9.53 Å². The Morgan fingerprint density at radius 2 is 1.95 bits per heavy atom. The molecule has 0 saturated carbocycles. The van der Waals surface area contributed by atoms with Gasteiger partial charge in [0.05, 0.1) is 11.6 Å². The van der Waals surface area contributed by atoms with E-state index < -0.39 is 0 Å². The maximum Gasteiger partial charge on any atom is 0.190 e. The molecule has 0 N–H and O–H groups in total. The summed E-state index contributed by atoms with van der Waals surface area (Å²) in [6, 6.07) is 12.5. The Bertz CT molecular complexity index is 629. The van der Waals surface area contributed by atoms with E-state index in [1.807, 2.05) is 24.3 Å². The Morgan fingerprint density at radius 1 is 1.15 bits per heavy atom. The van der Waals surface area contributed by atoms with E-state index in [2.05, 4.69) is 15.9 Å². The molecule has 2 aromatic carbocycles. The maximum absolute atomic E-state index is 12.0. The first-order valence-corrected chi connectivity index (χ1v) is 7.41. The Hall–Kier alpha value is -0.870. The van der Waals surface area contributed by atoms with E-state index in [1.165, 1.54) is 0 Å². The molecule has 0 aliphatic rings. The SMILES string of the molecule is O=C(COCc1cccc(Br)c1)c1cc(Cl)ccc1Cl. The van der Waals surface area contributed by atoms with Crippen molar-refractivity contribution in [1.29, 1.82) is 0 Å². The van der Waals surface area contributed by atoms with Crippen molar-refractivity contribution in [2.45, 2.75) is 6.61 Å². The van der Waals surface area contributed by atoms with Crippen LogP contribution >= 0.6 is 39.1 Å². The van der Waals surface area contributed by atoms with Gasteiger partial charge in [-0.05, 0) is 35.9 Å². The van der Waals surface area contributed by atoms with Gasteiger partial charge in [-0.25, -0.2) is 0 Å². The van der Waals surface area contributed by atoms with Gasteiger partial charge in [-0.2, -0.15) is 0 Å². The van der Waals surface area contributed by atoms with Crippen LogP contribution < -0.4 is 0 Å². The zero-order valence-corrected chi connectivity index (χ0v) is 13.5. The lowest BCUT2D eigenvalue weighted by Gasteiger charge is -2.06. The fourth-order valence-corrected chi connectivity index (χ4v) is 2.52. The minimum absolute atomic E-state index is 0.0351. The highest BCUT2D eigenvalue weighted by Crippen LogP contribution is 2.21. The second kappa shape index (κ2) is 7.23. The van der Waals surface area contributed by atoms with Gasteiger partial charge in [0, 0.05) is 15.1 Å². The summed E-state index contributed by atoms with van der Waals surface area (Å²) in [6.07, 6.45) is 0. The molecule has 0 amide bonds. The van der Waals surface area contributed by atoms with Gasteiger partial charge in [0.2, 0.25) is 0 Å². The van der Waals surface area contributed by atoms with Crippen molar-refractivity contribution in [3.8, 4) is 0 Å². The van der Waals surface area contributed by atoms with E-state index in [-0.39, 0.29) is 12.4 Å². The number of ketones is 1. The Labute approximate surface area is 135 Å². The highest BCUT2D eigenvalue weighted by molar-refractivity contribution is 9.10. The number of Topliss-reactive ketones (excluding diaryl/α,β-unsaturated/α-hetero) is 1. The van der Waals surface area contributed by atoms with Gasteiger partial charge in [0.1, 0.15) is 6.61 Å². The molecule has 0 bridgehead atoms. The van der Waals surface area contributed by atoms with Gasteiger partial charge in [0.25, 0.3) is 0 Å². The molecule has 0 spiro atoms. The van der Waals surface area contributed by atoms with E-state index in [0.717, 1.165) is 10.0 Å². The molecular weight excluding hydrogens is 363 g/mol. The van der Waals surface area contributed by atoms with Crippen molar-refractivity contribution >= 4 is 44.9 Å². The molecule has 2 nitrogen and oxygen atoms in total. The molecule has 2 rings (SSSR count). The van der Waals surface area contributed by atoms with Gasteiger partial charge in [-0.3, -0.25) is 4.79 Å². The van der Waals surface area contributed by atoms with Crippen molar-refractivity contribution in [2.24, 2.45) is 0 Å². The van der Waals surface area contributed by atoms with E-state index in [0.29, 0.717) is 22.2 Å². The highest BCUT2D eigenvalue weighted by atomic mass is 79.9. The number of benzene rings is 2. The lowest BCUT2D eigenvalue weighted by Crippen LogP contribution is -2.09. The lowest BCUT2D eigenvalue weighted by molar-refractivity contribution is 0.0726. The van der Waals surface area contributed by atoms with Crippen LogP contribution in [0.4, 0.5) is 0 Å². The average Bonchev–Trinajstić information content (AvgIpc) is 2.41. The minimum atomic E-state index is -0.188. The smallest absolute Gasteiger partial charge is 0.190 e. The number of carbonyl (C=O) groups is 1. The Morgan fingerprint density at radius 3 is 2.70 bits per heavy atom. The first-order chi connectivity index (χ1) is 9.56. The zero-order valence-electron chi connectivity index (χ0n) is 10.4. The molecule has 0 aromatic heterocycles. The number of carbonyl (C=O) groups excluding carboxylic acids is 1. The summed E-state index contributed by atoms with van der Waals surface area (Å²) in [4.78, 5) is 12.0. The predicted octanol–water partition coefficient (Wildman–Crippen LogP) is 5.16. The van der Waals surface area contributed by atoms with Gasteiger partial charge in [-0.1, -0.05) is 51.3 Å². The van der Waals surface area contributed by atoms with Crippen molar-refractivity contribution in [1.82, 2.24) is 0 Å². The lowest BCUT2D eigenvalue weighted by atomic mass is 10.1. The van der Waals surface area contributed by atoms with Crippen LogP contribution in [0, 0.1) is 0 Å². The molecule has 5 heteroatoms. The summed E-state index contributed by atoms with van der Waals surface area (Å²) < 4.78 is 6.39. The first-order valence-electron chi connectivity index (χ1n) is 5.86. The van der Waals surface area contributed by atoms with Crippen LogP contribution in [-0.2, 0) is 11.3 Å². The summed E-state index contributed by atoms with van der Waals surface area (Å²) in [5.41, 5.74) is 1.37. The summed E-state index contributed by atoms with van der Waals surface area (Å²) in [6.45, 7) is 0.329. The normalized spacial score (nSPS) is 10.6. The number of ether oxygens (including phenoxy) is 1. The van der Waals surface area contributed by atoms with E-state index >= 15 is 0 Å². The van der Waals surface area contributed by atoms with Gasteiger partial charge >= 0.3 is 0 Å². The monoisotopic (exact) mass is 372 g/mol. The van der Waals surface area contributed by atoms with Crippen LogP contribution in [0.5, 0.6) is 0 Å². The molecule has 2 aromatic rings. The van der Waals surface area contributed by atoms with Gasteiger partial charge < -0.3 is 4.74 Å². The Kier molecular flexibility index (Phi) is 5.61.